The highest BCUT2D eigenvalue weighted by Gasteiger charge is 2.61. The Labute approximate surface area is 184 Å². The zero-order valence-corrected chi connectivity index (χ0v) is 19.2. The maximum atomic E-state index is 13.2. The van der Waals surface area contributed by atoms with Gasteiger partial charge in [-0.3, -0.25) is 9.59 Å². The second kappa shape index (κ2) is 7.22. The number of amides is 2. The summed E-state index contributed by atoms with van der Waals surface area (Å²) in [5.74, 6) is 2.47. The molecule has 1 N–H and O–H groups in total. The van der Waals surface area contributed by atoms with E-state index in [1.165, 1.54) is 24.1 Å². The number of carbonyl (C=O) groups excluding carboxylic acids is 2. The van der Waals surface area contributed by atoms with Crippen molar-refractivity contribution in [2.45, 2.75) is 65.0 Å². The molecule has 4 aliphatic rings. The van der Waals surface area contributed by atoms with E-state index in [2.05, 4.69) is 36.7 Å². The van der Waals surface area contributed by atoms with Crippen molar-refractivity contribution in [1.29, 1.82) is 0 Å². The molecule has 3 fully saturated rings. The van der Waals surface area contributed by atoms with Crippen molar-refractivity contribution in [3.05, 3.63) is 34.5 Å². The number of carbonyl (C=O) groups is 2. The highest BCUT2D eigenvalue weighted by Crippen LogP contribution is 2.65. The lowest BCUT2D eigenvalue weighted by Crippen LogP contribution is -2.59. The molecule has 7 atom stereocenters. The average Bonchev–Trinajstić information content (AvgIpc) is 3.36. The molecule has 2 amide bonds. The summed E-state index contributed by atoms with van der Waals surface area (Å²) >= 11 is 1.71. The Morgan fingerprint density at radius 2 is 2.03 bits per heavy atom. The molecule has 3 aliphatic carbocycles. The largest absolute Gasteiger partial charge is 0.351 e. The first-order valence-electron chi connectivity index (χ1n) is 11.6. The van der Waals surface area contributed by atoms with Crippen LogP contribution in [0.3, 0.4) is 0 Å². The van der Waals surface area contributed by atoms with Crippen LogP contribution in [0.1, 0.15) is 57.2 Å². The van der Waals surface area contributed by atoms with Crippen LogP contribution in [-0.4, -0.2) is 29.8 Å². The molecule has 0 bridgehead atoms. The van der Waals surface area contributed by atoms with Crippen LogP contribution in [0, 0.1) is 34.5 Å². The van der Waals surface area contributed by atoms with Crippen molar-refractivity contribution >= 4 is 23.2 Å². The Morgan fingerprint density at radius 3 is 2.80 bits per heavy atom. The van der Waals surface area contributed by atoms with E-state index in [9.17, 15) is 9.59 Å². The number of hydrogen-bond acceptors (Lipinski definition) is 3. The van der Waals surface area contributed by atoms with Crippen LogP contribution in [0.2, 0.25) is 0 Å². The number of likely N-dealkylation sites (N-methyl/N-ethyl adjacent to an activating group) is 1. The molecular weight excluding hydrogens is 392 g/mol. The lowest BCUT2D eigenvalue weighted by molar-refractivity contribution is -0.142. The van der Waals surface area contributed by atoms with E-state index in [1.54, 1.807) is 11.3 Å². The lowest BCUT2D eigenvalue weighted by Gasteiger charge is -2.60. The van der Waals surface area contributed by atoms with Crippen LogP contribution in [0.4, 0.5) is 0 Å². The molecule has 1 aliphatic heterocycles. The van der Waals surface area contributed by atoms with Crippen LogP contribution < -0.4 is 5.32 Å². The van der Waals surface area contributed by atoms with Crippen LogP contribution in [0.25, 0.3) is 0 Å². The summed E-state index contributed by atoms with van der Waals surface area (Å²) in [4.78, 5) is 28.6. The molecule has 0 spiro atoms. The maximum Gasteiger partial charge on any atom is 0.246 e. The number of rotatable bonds is 3. The van der Waals surface area contributed by atoms with Crippen molar-refractivity contribution in [2.75, 3.05) is 7.05 Å². The topological polar surface area (TPSA) is 49.4 Å². The Hall–Kier alpha value is -1.62. The Bertz CT molecular complexity index is 865. The third-order valence-electron chi connectivity index (χ3n) is 9.46. The molecule has 0 radical (unpaired) electrons. The zero-order chi connectivity index (χ0) is 21.1. The van der Waals surface area contributed by atoms with Gasteiger partial charge in [-0.25, -0.2) is 0 Å². The number of hydrogen-bond donors (Lipinski definition) is 1. The summed E-state index contributed by atoms with van der Waals surface area (Å²) in [7, 11) is 1.98. The van der Waals surface area contributed by atoms with E-state index in [4.69, 9.17) is 0 Å². The second-order valence-corrected chi connectivity index (χ2v) is 11.6. The van der Waals surface area contributed by atoms with E-state index in [0.717, 1.165) is 19.3 Å². The Balaban J connectivity index is 1.34. The lowest BCUT2D eigenvalue weighted by atomic mass is 9.47. The maximum absolute atomic E-state index is 13.2. The molecule has 1 aromatic rings. The van der Waals surface area contributed by atoms with Gasteiger partial charge in [0, 0.05) is 29.3 Å². The average molecular weight is 427 g/mol. The molecule has 5 heteroatoms. The molecule has 4 nitrogen and oxygen atoms in total. The summed E-state index contributed by atoms with van der Waals surface area (Å²) in [5, 5.41) is 5.30. The summed E-state index contributed by atoms with van der Waals surface area (Å²) in [6.07, 6.45) is 10.8. The van der Waals surface area contributed by atoms with Gasteiger partial charge in [-0.1, -0.05) is 26.0 Å². The Morgan fingerprint density at radius 1 is 1.20 bits per heavy atom. The van der Waals surface area contributed by atoms with Crippen LogP contribution in [0.5, 0.6) is 0 Å². The van der Waals surface area contributed by atoms with E-state index in [1.807, 2.05) is 24.1 Å². The third kappa shape index (κ3) is 2.91. The fourth-order valence-electron chi connectivity index (χ4n) is 7.88. The highest BCUT2D eigenvalue weighted by molar-refractivity contribution is 7.09. The molecule has 2 heterocycles. The molecule has 3 saturated carbocycles. The fourth-order valence-corrected chi connectivity index (χ4v) is 8.52. The predicted octanol–water partition coefficient (Wildman–Crippen LogP) is 4.62. The van der Waals surface area contributed by atoms with Crippen molar-refractivity contribution in [3.63, 3.8) is 0 Å². The zero-order valence-electron chi connectivity index (χ0n) is 18.4. The van der Waals surface area contributed by atoms with Gasteiger partial charge in [0.25, 0.3) is 0 Å². The van der Waals surface area contributed by atoms with Gasteiger partial charge in [0.2, 0.25) is 11.8 Å². The minimum atomic E-state index is 0.0758. The van der Waals surface area contributed by atoms with Gasteiger partial charge in [-0.2, -0.15) is 0 Å². The first kappa shape index (κ1) is 20.3. The molecule has 30 heavy (non-hydrogen) atoms. The van der Waals surface area contributed by atoms with Gasteiger partial charge in [0.15, 0.2) is 0 Å². The predicted molar refractivity (Wildman–Crippen MR) is 120 cm³/mol. The molecular formula is C25H34N2O2S. The molecule has 162 valence electrons. The van der Waals surface area contributed by atoms with E-state index in [0.29, 0.717) is 30.3 Å². The van der Waals surface area contributed by atoms with E-state index >= 15 is 0 Å². The monoisotopic (exact) mass is 426 g/mol. The number of nitrogens with one attached hydrogen (secondary N) is 1. The minimum absolute atomic E-state index is 0.0758. The van der Waals surface area contributed by atoms with Gasteiger partial charge in [-0.15, -0.1) is 11.3 Å². The van der Waals surface area contributed by atoms with E-state index in [-0.39, 0.29) is 28.6 Å². The smallest absolute Gasteiger partial charge is 0.246 e. The number of nitrogens with zero attached hydrogens (tertiary/aromatic N) is 1. The minimum Gasteiger partial charge on any atom is -0.351 e. The highest BCUT2D eigenvalue weighted by atomic mass is 32.1. The third-order valence-corrected chi connectivity index (χ3v) is 10.3. The van der Waals surface area contributed by atoms with Crippen molar-refractivity contribution < 1.29 is 9.59 Å². The van der Waals surface area contributed by atoms with Gasteiger partial charge >= 0.3 is 0 Å². The van der Waals surface area contributed by atoms with Crippen molar-refractivity contribution in [3.8, 4) is 0 Å². The SMILES string of the molecule is CN1C(=O)C=C[C@]2(C)[C@H]3CC[C@]4(C)[C@@H](C(=O)NCc5cccs5)CC[C@H]4[C@@H]3CC[C@@H]12. The Kier molecular flexibility index (Phi) is 4.88. The number of thiophene rings is 1. The molecule has 0 unspecified atom stereocenters. The van der Waals surface area contributed by atoms with Gasteiger partial charge < -0.3 is 10.2 Å². The molecule has 1 aromatic heterocycles. The first-order valence-corrected chi connectivity index (χ1v) is 12.5. The van der Waals surface area contributed by atoms with Crippen LogP contribution >= 0.6 is 11.3 Å². The van der Waals surface area contributed by atoms with Crippen molar-refractivity contribution in [1.82, 2.24) is 10.2 Å². The molecule has 5 rings (SSSR count). The van der Waals surface area contributed by atoms with Crippen molar-refractivity contribution in [2.24, 2.45) is 34.5 Å². The fraction of sp³-hybridized carbons (Fsp3) is 0.680. The van der Waals surface area contributed by atoms with Gasteiger partial charge in [-0.05, 0) is 79.2 Å². The first-order chi connectivity index (χ1) is 14.3. The molecule has 0 saturated heterocycles. The standard InChI is InChI=1S/C25H34N2O2S/c1-24-12-10-19-17(6-9-21-25(19,2)13-11-22(28)27(21)3)18(24)7-8-20(24)23(29)26-15-16-5-4-14-30-16/h4-5,11,13-14,17-21H,6-10,12,15H2,1-3H3,(H,26,29)/t17-,18-,19-,20+,21+,24-,25+/m0/s1. The summed E-state index contributed by atoms with van der Waals surface area (Å²) in [5.41, 5.74) is 0.191. The summed E-state index contributed by atoms with van der Waals surface area (Å²) in [6.45, 7) is 5.44. The number of fused-ring (bicyclic) bond motifs is 5. The quantitative estimate of drug-likeness (QED) is 0.767. The summed E-state index contributed by atoms with van der Waals surface area (Å²) < 4.78 is 0. The normalized spacial score (nSPS) is 42.4. The van der Waals surface area contributed by atoms with Gasteiger partial charge in [0.05, 0.1) is 6.54 Å². The second-order valence-electron chi connectivity index (χ2n) is 10.6. The van der Waals surface area contributed by atoms with Gasteiger partial charge in [0.1, 0.15) is 0 Å². The summed E-state index contributed by atoms with van der Waals surface area (Å²) in [6, 6.07) is 4.46. The van der Waals surface area contributed by atoms with Crippen LogP contribution in [-0.2, 0) is 16.1 Å². The van der Waals surface area contributed by atoms with E-state index < -0.39 is 0 Å². The van der Waals surface area contributed by atoms with Crippen LogP contribution in [0.15, 0.2) is 29.7 Å². The molecule has 0 aromatic carbocycles.